The van der Waals surface area contributed by atoms with Gasteiger partial charge in [0, 0.05) is 5.92 Å². The number of hydrogen-bond donors (Lipinski definition) is 0. The van der Waals surface area contributed by atoms with E-state index in [1.807, 2.05) is 0 Å². The van der Waals surface area contributed by atoms with E-state index in [0.29, 0.717) is 29.6 Å². The first-order chi connectivity index (χ1) is 18.9. The second-order valence-electron chi connectivity index (χ2n) is 13.5. The second kappa shape index (κ2) is 12.5. The van der Waals surface area contributed by atoms with Gasteiger partial charge in [0.05, 0.1) is 0 Å². The van der Waals surface area contributed by atoms with E-state index in [0.717, 1.165) is 0 Å². The van der Waals surface area contributed by atoms with Crippen LogP contribution in [0.1, 0.15) is 128 Å². The maximum Gasteiger partial charge on any atom is 0.104 e. The fourth-order valence-electron chi connectivity index (χ4n) is 6.41. The Bertz CT molecular complexity index is 1280. The predicted octanol–water partition coefficient (Wildman–Crippen LogP) is 9.96. The van der Waals surface area contributed by atoms with E-state index in [4.69, 9.17) is 0 Å². The zero-order valence-electron chi connectivity index (χ0n) is 27.0. The summed E-state index contributed by atoms with van der Waals surface area (Å²) in [6.45, 7) is 25.9. The van der Waals surface area contributed by atoms with Gasteiger partial charge in [0.2, 0.25) is 0 Å². The van der Waals surface area contributed by atoms with Crippen LogP contribution in [0.15, 0.2) is 83.4 Å². The quantitative estimate of drug-likeness (QED) is 0.233. The molecule has 0 aliphatic heterocycles. The van der Waals surface area contributed by atoms with E-state index >= 15 is 0 Å². The highest BCUT2D eigenvalue weighted by atomic mass is 28.3. The first kappa shape index (κ1) is 30.3. The van der Waals surface area contributed by atoms with Crippen molar-refractivity contribution in [3.8, 4) is 0 Å². The summed E-state index contributed by atoms with van der Waals surface area (Å²) < 4.78 is 0. The van der Waals surface area contributed by atoms with Crippen LogP contribution in [0.5, 0.6) is 0 Å². The molecule has 0 heterocycles. The lowest BCUT2D eigenvalue weighted by atomic mass is 9.91. The maximum atomic E-state index is 2.59. The third-order valence-electron chi connectivity index (χ3n) is 9.46. The van der Waals surface area contributed by atoms with Crippen molar-refractivity contribution in [3.05, 3.63) is 111 Å². The Hall–Kier alpha value is -2.64. The number of hydrogen-bond acceptors (Lipinski definition) is 0. The fraction of sp³-hybridized carbons (Fsp3) is 0.436. The molecule has 212 valence electrons. The third-order valence-corrected chi connectivity index (χ3v) is 12.7. The van der Waals surface area contributed by atoms with E-state index < -0.39 is 8.80 Å². The van der Waals surface area contributed by atoms with Crippen molar-refractivity contribution >= 4 is 24.7 Å². The number of rotatable bonds is 9. The van der Waals surface area contributed by atoms with E-state index in [2.05, 4.69) is 143 Å². The van der Waals surface area contributed by atoms with Crippen molar-refractivity contribution < 1.29 is 0 Å². The van der Waals surface area contributed by atoms with Crippen molar-refractivity contribution in [1.82, 2.24) is 0 Å². The molecule has 3 aromatic carbocycles. The molecule has 1 aliphatic carbocycles. The third kappa shape index (κ3) is 6.31. The standard InChI is InChI=1S/C39H52Si/c1-24(2)32-17-33(25(3)4)20-36(19-32)40(37-21-34(26(5)6)18-35(22-37)27(7)8)23-38-29(10)28(9)30(11)39(38)31-15-13-12-14-16-31/h12-22,24-27,38,40H,23H2,1-11H3. The van der Waals surface area contributed by atoms with Crippen LogP contribution in [0.2, 0.25) is 6.04 Å². The van der Waals surface area contributed by atoms with Gasteiger partial charge in [-0.2, -0.15) is 0 Å². The van der Waals surface area contributed by atoms with Gasteiger partial charge in [-0.05, 0) is 95.0 Å². The summed E-state index contributed by atoms with van der Waals surface area (Å²) in [4.78, 5) is 0. The molecular weight excluding hydrogens is 497 g/mol. The Morgan fingerprint density at radius 3 is 1.32 bits per heavy atom. The topological polar surface area (TPSA) is 0 Å². The van der Waals surface area contributed by atoms with Gasteiger partial charge in [-0.15, -0.1) is 0 Å². The van der Waals surface area contributed by atoms with Crippen molar-refractivity contribution in [2.24, 2.45) is 5.92 Å². The molecule has 0 bridgehead atoms. The Balaban J connectivity index is 1.95. The fourth-order valence-corrected chi connectivity index (χ4v) is 9.97. The van der Waals surface area contributed by atoms with Gasteiger partial charge in [0.25, 0.3) is 0 Å². The second-order valence-corrected chi connectivity index (χ2v) is 16.4. The van der Waals surface area contributed by atoms with Gasteiger partial charge in [0.15, 0.2) is 0 Å². The van der Waals surface area contributed by atoms with Gasteiger partial charge in [0.1, 0.15) is 8.80 Å². The van der Waals surface area contributed by atoms with Crippen molar-refractivity contribution in [1.29, 1.82) is 0 Å². The summed E-state index contributed by atoms with van der Waals surface area (Å²) in [5, 5.41) is 3.24. The minimum atomic E-state index is -1.60. The highest BCUT2D eigenvalue weighted by Crippen LogP contribution is 2.45. The summed E-state index contributed by atoms with van der Waals surface area (Å²) in [7, 11) is -1.60. The van der Waals surface area contributed by atoms with Crippen molar-refractivity contribution in [2.45, 2.75) is 106 Å². The number of benzene rings is 3. The van der Waals surface area contributed by atoms with Crippen LogP contribution in [0.4, 0.5) is 0 Å². The lowest BCUT2D eigenvalue weighted by Gasteiger charge is -2.28. The van der Waals surface area contributed by atoms with Crippen LogP contribution in [0.3, 0.4) is 0 Å². The Morgan fingerprint density at radius 2 is 0.950 bits per heavy atom. The molecular formula is C39H52Si. The minimum absolute atomic E-state index is 0.467. The van der Waals surface area contributed by atoms with Gasteiger partial charge in [-0.3, -0.25) is 0 Å². The summed E-state index contributed by atoms with van der Waals surface area (Å²) in [5.41, 5.74) is 13.5. The van der Waals surface area contributed by atoms with Gasteiger partial charge in [-0.25, -0.2) is 0 Å². The SMILES string of the molecule is CC1=C(C)C(C[SiH](c2cc(C(C)C)cc(C(C)C)c2)c2cc(C(C)C)cc(C(C)C)c2)C(c2ccccc2)=C1C. The molecule has 40 heavy (non-hydrogen) atoms. The van der Waals surface area contributed by atoms with E-state index in [1.165, 1.54) is 45.0 Å². The highest BCUT2D eigenvalue weighted by Gasteiger charge is 2.33. The molecule has 1 aliphatic rings. The lowest BCUT2D eigenvalue weighted by Crippen LogP contribution is -2.44. The first-order valence-corrected chi connectivity index (χ1v) is 17.6. The molecule has 0 amide bonds. The van der Waals surface area contributed by atoms with Crippen LogP contribution in [0.25, 0.3) is 5.57 Å². The number of allylic oxidation sites excluding steroid dienone is 4. The molecule has 0 aromatic heterocycles. The van der Waals surface area contributed by atoms with Gasteiger partial charge < -0.3 is 0 Å². The molecule has 0 saturated heterocycles. The molecule has 1 heteroatoms. The maximum absolute atomic E-state index is 2.59. The molecule has 1 unspecified atom stereocenters. The van der Waals surface area contributed by atoms with Crippen LogP contribution in [-0.2, 0) is 0 Å². The molecule has 0 nitrogen and oxygen atoms in total. The summed E-state index contributed by atoms with van der Waals surface area (Å²) >= 11 is 0. The van der Waals surface area contributed by atoms with Gasteiger partial charge >= 0.3 is 0 Å². The van der Waals surface area contributed by atoms with E-state index in [-0.39, 0.29) is 0 Å². The van der Waals surface area contributed by atoms with Crippen molar-refractivity contribution in [2.75, 3.05) is 0 Å². The molecule has 0 saturated carbocycles. The van der Waals surface area contributed by atoms with E-state index in [1.54, 1.807) is 21.5 Å². The Labute approximate surface area is 247 Å². The normalized spacial score (nSPS) is 16.1. The molecule has 3 aromatic rings. The largest absolute Gasteiger partial charge is 0.104 e. The summed E-state index contributed by atoms with van der Waals surface area (Å²) in [6.07, 6.45) is 0. The Kier molecular flexibility index (Phi) is 9.46. The predicted molar refractivity (Wildman–Crippen MR) is 181 cm³/mol. The minimum Gasteiger partial charge on any atom is -0.0629 e. The van der Waals surface area contributed by atoms with Crippen LogP contribution < -0.4 is 10.4 Å². The van der Waals surface area contributed by atoms with Gasteiger partial charge in [-0.1, -0.05) is 138 Å². The molecule has 0 radical (unpaired) electrons. The average Bonchev–Trinajstić information content (AvgIpc) is 3.14. The molecule has 0 spiro atoms. The first-order valence-electron chi connectivity index (χ1n) is 15.6. The summed E-state index contributed by atoms with van der Waals surface area (Å²) in [5.74, 6) is 2.57. The van der Waals surface area contributed by atoms with Crippen molar-refractivity contribution in [3.63, 3.8) is 0 Å². The van der Waals surface area contributed by atoms with Crippen LogP contribution in [0, 0.1) is 5.92 Å². The monoisotopic (exact) mass is 548 g/mol. The zero-order chi connectivity index (χ0) is 29.3. The highest BCUT2D eigenvalue weighted by molar-refractivity contribution is 6.85. The van der Waals surface area contributed by atoms with Crippen LogP contribution >= 0.6 is 0 Å². The Morgan fingerprint density at radius 1 is 0.550 bits per heavy atom. The molecule has 0 N–H and O–H groups in total. The molecule has 0 fully saturated rings. The van der Waals surface area contributed by atoms with Crippen LogP contribution in [-0.4, -0.2) is 8.80 Å². The average molecular weight is 549 g/mol. The zero-order valence-corrected chi connectivity index (χ0v) is 28.2. The molecule has 1 atom stereocenters. The molecule has 4 rings (SSSR count). The lowest BCUT2D eigenvalue weighted by molar-refractivity contribution is 0.834. The van der Waals surface area contributed by atoms with E-state index in [9.17, 15) is 0 Å². The summed E-state index contributed by atoms with van der Waals surface area (Å²) in [6, 6.07) is 27.7. The smallest absolute Gasteiger partial charge is 0.0629 e.